The second-order valence-corrected chi connectivity index (χ2v) is 13.1. The lowest BCUT2D eigenvalue weighted by Crippen LogP contribution is -2.14. The van der Waals surface area contributed by atoms with Crippen molar-refractivity contribution in [3.8, 4) is 34.7 Å². The van der Waals surface area contributed by atoms with Gasteiger partial charge in [0.25, 0.3) is 5.95 Å². The number of rotatable bonds is 8. The van der Waals surface area contributed by atoms with E-state index in [4.69, 9.17) is 44.9 Å². The maximum absolute atomic E-state index is 5.11. The van der Waals surface area contributed by atoms with E-state index >= 15 is 0 Å². The molecule has 0 saturated carbocycles. The zero-order valence-electron chi connectivity index (χ0n) is 30.6. The Kier molecular flexibility index (Phi) is 8.39. The van der Waals surface area contributed by atoms with Gasteiger partial charge in [-0.3, -0.25) is 9.13 Å². The van der Waals surface area contributed by atoms with Gasteiger partial charge in [-0.15, -0.1) is 0 Å². The second kappa shape index (κ2) is 13.8. The summed E-state index contributed by atoms with van der Waals surface area (Å²) in [6.45, 7) is 6.19. The first-order valence-electron chi connectivity index (χ1n) is 17.8. The average molecular weight is 719 g/mol. The van der Waals surface area contributed by atoms with Gasteiger partial charge >= 0.3 is 0 Å². The van der Waals surface area contributed by atoms with Crippen molar-refractivity contribution in [2.24, 2.45) is 4.99 Å². The van der Waals surface area contributed by atoms with Gasteiger partial charge in [0.05, 0.1) is 11.4 Å². The summed E-state index contributed by atoms with van der Waals surface area (Å²) in [7, 11) is 2.00. The molecule has 0 atom stereocenters. The van der Waals surface area contributed by atoms with Crippen LogP contribution in [0.1, 0.15) is 22.3 Å². The van der Waals surface area contributed by atoms with Crippen LogP contribution in [0.2, 0.25) is 0 Å². The number of imidazole rings is 2. The third-order valence-corrected chi connectivity index (χ3v) is 9.50. The number of para-hydroxylation sites is 3. The minimum atomic E-state index is 0.168. The Morgan fingerprint density at radius 1 is 0.527 bits per heavy atom. The van der Waals surface area contributed by atoms with Crippen LogP contribution in [0.25, 0.3) is 57.0 Å². The van der Waals surface area contributed by atoms with Crippen molar-refractivity contribution in [1.29, 1.82) is 0 Å². The Labute approximate surface area is 316 Å². The van der Waals surface area contributed by atoms with Crippen LogP contribution in [0, 0.1) is 20.8 Å². The van der Waals surface area contributed by atoms with Crippen molar-refractivity contribution in [3.05, 3.63) is 150 Å². The highest BCUT2D eigenvalue weighted by atomic mass is 15.2. The van der Waals surface area contributed by atoms with Gasteiger partial charge in [-0.05, 0) is 92.1 Å². The fourth-order valence-electron chi connectivity index (χ4n) is 6.80. The van der Waals surface area contributed by atoms with Crippen molar-refractivity contribution in [1.82, 2.24) is 49.0 Å². The Morgan fingerprint density at radius 3 is 1.60 bits per heavy atom. The van der Waals surface area contributed by atoms with Crippen LogP contribution in [0.4, 0.5) is 17.5 Å². The normalized spacial score (nSPS) is 11.6. The number of pyridine rings is 3. The summed E-state index contributed by atoms with van der Waals surface area (Å²) in [6, 6.07) is 35.8. The highest BCUT2D eigenvalue weighted by molar-refractivity contribution is 5.89. The molecule has 0 bridgehead atoms. The summed E-state index contributed by atoms with van der Waals surface area (Å²) < 4.78 is 3.97. The third-order valence-electron chi connectivity index (χ3n) is 9.50. The van der Waals surface area contributed by atoms with Gasteiger partial charge in [0.1, 0.15) is 16.9 Å². The molecule has 0 unspecified atom stereocenters. The van der Waals surface area contributed by atoms with Crippen molar-refractivity contribution in [3.63, 3.8) is 0 Å². The number of benzene rings is 3. The van der Waals surface area contributed by atoms with Crippen LogP contribution in [0.15, 0.2) is 133 Å². The summed E-state index contributed by atoms with van der Waals surface area (Å²) in [5.41, 5.74) is 9.57. The molecule has 9 rings (SSSR count). The number of hydrogen-bond acceptors (Lipinski definition) is 10. The lowest BCUT2D eigenvalue weighted by atomic mass is 10.1. The molecule has 6 aromatic heterocycles. The third kappa shape index (κ3) is 6.05. The molecule has 12 heteroatoms. The SMILES string of the molecule is Cc1ccccc1N(C)c1ncccc1/C=N/c1nc(-c2nc3cccnc3n2-c2ccccc2C)nc(-c2nc3cccnc3n2-c2ccccc2C)n1. The van der Waals surface area contributed by atoms with Crippen LogP contribution in [-0.2, 0) is 0 Å². The van der Waals surface area contributed by atoms with E-state index in [-0.39, 0.29) is 5.95 Å². The minimum absolute atomic E-state index is 0.168. The van der Waals surface area contributed by atoms with Crippen molar-refractivity contribution < 1.29 is 0 Å². The topological polar surface area (TPSA) is 129 Å². The monoisotopic (exact) mass is 718 g/mol. The second-order valence-electron chi connectivity index (χ2n) is 13.1. The van der Waals surface area contributed by atoms with Crippen molar-refractivity contribution in [2.75, 3.05) is 11.9 Å². The fraction of sp³-hybridized carbons (Fsp3) is 0.0930. The van der Waals surface area contributed by atoms with Crippen LogP contribution < -0.4 is 4.90 Å². The zero-order chi connectivity index (χ0) is 37.5. The van der Waals surface area contributed by atoms with E-state index in [2.05, 4.69) is 49.9 Å². The molecular weight excluding hydrogens is 685 g/mol. The van der Waals surface area contributed by atoms with E-state index in [0.717, 1.165) is 45.1 Å². The van der Waals surface area contributed by atoms with Crippen LogP contribution in [0.5, 0.6) is 0 Å². The van der Waals surface area contributed by atoms with E-state index in [1.807, 2.05) is 101 Å². The number of nitrogens with zero attached hydrogens (tertiary/aromatic N) is 12. The van der Waals surface area contributed by atoms with Gasteiger partial charge in [0, 0.05) is 43.1 Å². The van der Waals surface area contributed by atoms with E-state index in [1.54, 1.807) is 24.8 Å². The first-order chi connectivity index (χ1) is 26.9. The highest BCUT2D eigenvalue weighted by Gasteiger charge is 2.24. The maximum Gasteiger partial charge on any atom is 0.253 e. The predicted molar refractivity (Wildman–Crippen MR) is 216 cm³/mol. The number of aliphatic imine (C=N–C) groups is 1. The van der Waals surface area contributed by atoms with Gasteiger partial charge in [-0.25, -0.2) is 34.9 Å². The summed E-state index contributed by atoms with van der Waals surface area (Å²) in [5, 5.41) is 0. The van der Waals surface area contributed by atoms with Crippen molar-refractivity contribution >= 4 is 46.0 Å². The Hall–Kier alpha value is -7.47. The van der Waals surface area contributed by atoms with E-state index in [1.165, 1.54) is 0 Å². The van der Waals surface area contributed by atoms with E-state index < -0.39 is 0 Å². The molecule has 9 aromatic rings. The average Bonchev–Trinajstić information content (AvgIpc) is 3.80. The molecule has 266 valence electrons. The van der Waals surface area contributed by atoms with E-state index in [9.17, 15) is 0 Å². The molecule has 0 aliphatic rings. The van der Waals surface area contributed by atoms with Crippen LogP contribution in [-0.4, -0.2) is 62.3 Å². The van der Waals surface area contributed by atoms with Crippen LogP contribution in [0.3, 0.4) is 0 Å². The molecule has 0 aliphatic carbocycles. The number of fused-ring (bicyclic) bond motifs is 2. The van der Waals surface area contributed by atoms with Gasteiger partial charge in [0.15, 0.2) is 22.9 Å². The number of anilines is 2. The molecule has 0 N–H and O–H groups in total. The molecule has 3 aromatic carbocycles. The number of aromatic nitrogens is 10. The number of aryl methyl sites for hydroxylation is 3. The summed E-state index contributed by atoms with van der Waals surface area (Å²) >= 11 is 0. The molecule has 0 radical (unpaired) electrons. The summed E-state index contributed by atoms with van der Waals surface area (Å²) in [4.78, 5) is 46.3. The number of hydrogen-bond donors (Lipinski definition) is 0. The molecule has 0 saturated heterocycles. The van der Waals surface area contributed by atoms with Crippen LogP contribution >= 0.6 is 0 Å². The zero-order valence-corrected chi connectivity index (χ0v) is 30.6. The Bertz CT molecular complexity index is 2770. The molecule has 0 aliphatic heterocycles. The molecule has 55 heavy (non-hydrogen) atoms. The molecule has 0 amide bonds. The lowest BCUT2D eigenvalue weighted by Gasteiger charge is -2.21. The highest BCUT2D eigenvalue weighted by Crippen LogP contribution is 2.33. The Balaban J connectivity index is 1.28. The molecule has 12 nitrogen and oxygen atoms in total. The van der Waals surface area contributed by atoms with Gasteiger partial charge in [0.2, 0.25) is 11.6 Å². The maximum atomic E-state index is 5.11. The molecule has 6 heterocycles. The first-order valence-corrected chi connectivity index (χ1v) is 17.8. The summed E-state index contributed by atoms with van der Waals surface area (Å²) in [6.07, 6.45) is 7.02. The van der Waals surface area contributed by atoms with Crippen molar-refractivity contribution in [2.45, 2.75) is 20.8 Å². The largest absolute Gasteiger partial charge is 0.329 e. The quantitative estimate of drug-likeness (QED) is 0.142. The Morgan fingerprint density at radius 2 is 1.04 bits per heavy atom. The molecular formula is C43H34N12. The van der Waals surface area contributed by atoms with Gasteiger partial charge in [-0.2, -0.15) is 9.97 Å². The smallest absolute Gasteiger partial charge is 0.253 e. The summed E-state index contributed by atoms with van der Waals surface area (Å²) in [5.74, 6) is 2.48. The van der Waals surface area contributed by atoms with Gasteiger partial charge < -0.3 is 4.90 Å². The predicted octanol–water partition coefficient (Wildman–Crippen LogP) is 8.51. The lowest BCUT2D eigenvalue weighted by molar-refractivity contribution is 0.963. The fourth-order valence-corrected chi connectivity index (χ4v) is 6.80. The molecule has 0 spiro atoms. The van der Waals surface area contributed by atoms with Gasteiger partial charge in [-0.1, -0.05) is 54.6 Å². The molecule has 0 fully saturated rings. The first kappa shape index (κ1) is 33.4. The van der Waals surface area contributed by atoms with E-state index in [0.29, 0.717) is 45.6 Å². The standard InChI is InChI=1S/C43H34N12/c1-27-14-5-8-20-33(27)53(4)38-30(17-11-23-44-38)26-47-43-51-36(41-48-31-18-12-24-45-39(31)54(41)34-21-9-6-15-28(34)2)50-37(52-43)42-49-32-19-13-25-46-40(32)55(42)35-22-10-7-16-29(35)3/h5-26H,1-4H3/b47-26+. The minimum Gasteiger partial charge on any atom is -0.329 e.